The van der Waals surface area contributed by atoms with Gasteiger partial charge in [-0.1, -0.05) is 17.4 Å². The van der Waals surface area contributed by atoms with E-state index in [0.717, 1.165) is 83.0 Å². The molecule has 0 radical (unpaired) electrons. The summed E-state index contributed by atoms with van der Waals surface area (Å²) in [5.41, 5.74) is 7.62. The van der Waals surface area contributed by atoms with Gasteiger partial charge in [0.2, 0.25) is 0 Å². The number of nitrogens with one attached hydrogen (secondary N) is 3. The zero-order chi connectivity index (χ0) is 24.7. The molecule has 3 amide bonds. The molecule has 0 aliphatic heterocycles. The van der Waals surface area contributed by atoms with Crippen LogP contribution in [0.2, 0.25) is 0 Å². The van der Waals surface area contributed by atoms with Crippen molar-refractivity contribution in [2.45, 2.75) is 89.8 Å². The van der Waals surface area contributed by atoms with Crippen molar-refractivity contribution in [3.63, 3.8) is 0 Å². The molecule has 194 valence electrons. The number of carbonyl (C=O) groups is 2. The lowest BCUT2D eigenvalue weighted by atomic mass is 9.91. The number of hydrogen-bond donors (Lipinski definition) is 4. The maximum atomic E-state index is 12.8. The molecule has 5 N–H and O–H groups in total. The van der Waals surface area contributed by atoms with Gasteiger partial charge >= 0.3 is 12.1 Å². The molecule has 0 saturated heterocycles. The van der Waals surface area contributed by atoms with Crippen molar-refractivity contribution < 1.29 is 14.3 Å². The molecule has 1 aromatic heterocycles. The summed E-state index contributed by atoms with van der Waals surface area (Å²) < 4.78 is 7.86. The Balaban J connectivity index is 1.26. The van der Waals surface area contributed by atoms with Crippen LogP contribution in [0, 0.1) is 11.3 Å². The van der Waals surface area contributed by atoms with Crippen LogP contribution in [0.1, 0.15) is 69.7 Å². The van der Waals surface area contributed by atoms with Gasteiger partial charge in [0, 0.05) is 30.6 Å². The van der Waals surface area contributed by atoms with E-state index in [1.54, 1.807) is 0 Å². The van der Waals surface area contributed by atoms with E-state index >= 15 is 0 Å². The van der Waals surface area contributed by atoms with Crippen molar-refractivity contribution in [2.75, 3.05) is 19.7 Å². The number of hydrogen-bond acceptors (Lipinski definition) is 6. The van der Waals surface area contributed by atoms with E-state index in [-0.39, 0.29) is 23.6 Å². The Morgan fingerprint density at radius 2 is 1.97 bits per heavy atom. The predicted molar refractivity (Wildman–Crippen MR) is 133 cm³/mol. The molecule has 10 heteroatoms. The highest BCUT2D eigenvalue weighted by Crippen LogP contribution is 2.58. The molecule has 0 aromatic carbocycles. The number of aryl methyl sites for hydroxylation is 2. The largest absolute Gasteiger partial charge is 0.449 e. The van der Waals surface area contributed by atoms with E-state index in [1.807, 2.05) is 4.68 Å². The van der Waals surface area contributed by atoms with E-state index in [9.17, 15) is 9.59 Å². The lowest BCUT2D eigenvalue weighted by Crippen LogP contribution is -2.51. The summed E-state index contributed by atoms with van der Waals surface area (Å²) in [6, 6.07) is -0.334. The summed E-state index contributed by atoms with van der Waals surface area (Å²) in [7, 11) is 0. The maximum Gasteiger partial charge on any atom is 0.407 e. The number of alkyl carbamates (subject to hydrolysis) is 1. The average molecular weight is 488 g/mol. The molecule has 4 unspecified atom stereocenters. The Bertz CT molecular complexity index is 902. The first-order chi connectivity index (χ1) is 17.0. The minimum atomic E-state index is -0.502. The Kier molecular flexibility index (Phi) is 8.64. The normalized spacial score (nSPS) is 27.9. The number of ether oxygens (including phenoxy) is 1. The number of allylic oxidation sites excluding steroid dienone is 2. The number of rotatable bonds is 9. The molecule has 1 heterocycles. The molecule has 0 spiro atoms. The van der Waals surface area contributed by atoms with Crippen LogP contribution in [0.5, 0.6) is 0 Å². The Hall–Kier alpha value is -2.62. The fourth-order valence-electron chi connectivity index (χ4n) is 5.76. The lowest BCUT2D eigenvalue weighted by molar-refractivity contribution is 0.106. The van der Waals surface area contributed by atoms with Gasteiger partial charge in [0.15, 0.2) is 0 Å². The Morgan fingerprint density at radius 3 is 2.74 bits per heavy atom. The second kappa shape index (κ2) is 11.9. The van der Waals surface area contributed by atoms with Crippen LogP contribution in [-0.2, 0) is 24.1 Å². The first-order valence-electron chi connectivity index (χ1n) is 13.3. The van der Waals surface area contributed by atoms with Crippen molar-refractivity contribution in [1.29, 1.82) is 0 Å². The van der Waals surface area contributed by atoms with Gasteiger partial charge in [-0.05, 0) is 83.6 Å². The molecule has 3 aliphatic carbocycles. The Morgan fingerprint density at radius 1 is 1.17 bits per heavy atom. The number of nitrogens with zero attached hydrogens (tertiary/aromatic N) is 3. The SMILES string of the molecule is CCn1nnc2c1CCC1CC1(COC(=O)NC1CCC=CCCC1NCCCNC(N)=O)CC2. The van der Waals surface area contributed by atoms with Crippen LogP contribution in [0.3, 0.4) is 0 Å². The molecule has 3 aliphatic rings. The minimum absolute atomic E-state index is 0.00743. The van der Waals surface area contributed by atoms with E-state index in [0.29, 0.717) is 19.1 Å². The fourth-order valence-corrected chi connectivity index (χ4v) is 5.76. The third-order valence-corrected chi connectivity index (χ3v) is 7.96. The highest BCUT2D eigenvalue weighted by molar-refractivity contribution is 5.71. The molecule has 10 nitrogen and oxygen atoms in total. The topological polar surface area (TPSA) is 136 Å². The first-order valence-corrected chi connectivity index (χ1v) is 13.3. The zero-order valence-electron chi connectivity index (χ0n) is 20.9. The smallest absolute Gasteiger partial charge is 0.407 e. The summed E-state index contributed by atoms with van der Waals surface area (Å²) in [6.07, 6.45) is 13.7. The van der Waals surface area contributed by atoms with Gasteiger partial charge in [0.25, 0.3) is 0 Å². The van der Waals surface area contributed by atoms with Crippen LogP contribution in [0.15, 0.2) is 12.2 Å². The molecule has 1 aromatic rings. The fraction of sp³-hybridized carbons (Fsp3) is 0.760. The number of aromatic nitrogens is 3. The molecule has 4 rings (SSSR count). The summed E-state index contributed by atoms with van der Waals surface area (Å²) in [5, 5.41) is 18.0. The molecule has 1 saturated carbocycles. The number of nitrogens with two attached hydrogens (primary N) is 1. The number of carbonyl (C=O) groups excluding carboxylic acids is 2. The molecular weight excluding hydrogens is 446 g/mol. The van der Waals surface area contributed by atoms with Gasteiger partial charge in [-0.25, -0.2) is 14.3 Å². The average Bonchev–Trinajstić information content (AvgIpc) is 3.34. The van der Waals surface area contributed by atoms with E-state index in [1.165, 1.54) is 5.69 Å². The van der Waals surface area contributed by atoms with Gasteiger partial charge in [0.1, 0.15) is 0 Å². The maximum absolute atomic E-state index is 12.8. The van der Waals surface area contributed by atoms with Crippen LogP contribution >= 0.6 is 0 Å². The van der Waals surface area contributed by atoms with Gasteiger partial charge < -0.3 is 26.4 Å². The highest BCUT2D eigenvalue weighted by Gasteiger charge is 2.54. The quantitative estimate of drug-likeness (QED) is 0.312. The van der Waals surface area contributed by atoms with E-state index in [4.69, 9.17) is 10.5 Å². The lowest BCUT2D eigenvalue weighted by Gasteiger charge is -2.30. The molecule has 1 fully saturated rings. The van der Waals surface area contributed by atoms with Crippen LogP contribution in [-0.4, -0.2) is 58.9 Å². The highest BCUT2D eigenvalue weighted by atomic mass is 16.5. The van der Waals surface area contributed by atoms with Gasteiger partial charge in [-0.2, -0.15) is 0 Å². The van der Waals surface area contributed by atoms with Gasteiger partial charge in [-0.15, -0.1) is 5.10 Å². The Labute approximate surface area is 207 Å². The number of amides is 3. The molecule has 35 heavy (non-hydrogen) atoms. The van der Waals surface area contributed by atoms with Crippen LogP contribution in [0.25, 0.3) is 0 Å². The van der Waals surface area contributed by atoms with Crippen molar-refractivity contribution in [3.05, 3.63) is 23.5 Å². The van der Waals surface area contributed by atoms with Crippen molar-refractivity contribution in [1.82, 2.24) is 30.9 Å². The van der Waals surface area contributed by atoms with Crippen molar-refractivity contribution >= 4 is 12.1 Å². The number of primary amides is 1. The summed E-state index contributed by atoms with van der Waals surface area (Å²) in [6.45, 7) is 4.73. The third kappa shape index (κ3) is 6.74. The summed E-state index contributed by atoms with van der Waals surface area (Å²) >= 11 is 0. The minimum Gasteiger partial charge on any atom is -0.449 e. The predicted octanol–water partition coefficient (Wildman–Crippen LogP) is 2.42. The molecular formula is C25H41N7O3. The van der Waals surface area contributed by atoms with E-state index < -0.39 is 6.03 Å². The first kappa shape index (κ1) is 25.5. The van der Waals surface area contributed by atoms with Gasteiger partial charge in [0.05, 0.1) is 18.0 Å². The second-order valence-corrected chi connectivity index (χ2v) is 10.3. The summed E-state index contributed by atoms with van der Waals surface area (Å²) in [5.74, 6) is 0.610. The number of fused-ring (bicyclic) bond motifs is 2. The van der Waals surface area contributed by atoms with Gasteiger partial charge in [-0.3, -0.25) is 0 Å². The van der Waals surface area contributed by atoms with E-state index in [2.05, 4.69) is 45.3 Å². The molecule has 4 atom stereocenters. The van der Waals surface area contributed by atoms with Crippen molar-refractivity contribution in [3.8, 4) is 0 Å². The standard InChI is InChI=1S/C25H41N7O3/c1-2-32-22-11-10-18-16-25(18,13-12-21(22)30-31-32)17-35-24(34)29-20-9-6-4-3-5-8-19(20)27-14-7-15-28-23(26)33/h3-4,18-20,27H,2,5-17H2,1H3,(H,29,34)(H3,26,28,33). The summed E-state index contributed by atoms with van der Waals surface area (Å²) in [4.78, 5) is 23.7. The zero-order valence-corrected chi connectivity index (χ0v) is 20.9. The van der Waals surface area contributed by atoms with Crippen molar-refractivity contribution in [2.24, 2.45) is 17.1 Å². The van der Waals surface area contributed by atoms with Crippen LogP contribution in [0.4, 0.5) is 9.59 Å². The monoisotopic (exact) mass is 487 g/mol. The third-order valence-electron chi connectivity index (χ3n) is 7.96. The van der Waals surface area contributed by atoms with Crippen LogP contribution < -0.4 is 21.7 Å². The number of urea groups is 1. The second-order valence-electron chi connectivity index (χ2n) is 10.3. The molecule has 0 bridgehead atoms.